The van der Waals surface area contributed by atoms with Crippen LogP contribution in [0.5, 0.6) is 0 Å². The molecule has 6 heteroatoms. The first-order chi connectivity index (χ1) is 12.3. The van der Waals surface area contributed by atoms with Crippen LogP contribution in [-0.2, 0) is 4.79 Å². The summed E-state index contributed by atoms with van der Waals surface area (Å²) in [6, 6.07) is 12.3. The van der Waals surface area contributed by atoms with Crippen LogP contribution in [0.3, 0.4) is 0 Å². The zero-order valence-corrected chi connectivity index (χ0v) is 16.1. The van der Waals surface area contributed by atoms with E-state index in [0.717, 1.165) is 11.1 Å². The maximum Gasteiger partial charge on any atom is 0.319 e. The summed E-state index contributed by atoms with van der Waals surface area (Å²) < 4.78 is 0. The van der Waals surface area contributed by atoms with Gasteiger partial charge in [-0.15, -0.1) is 0 Å². The molecule has 138 valence electrons. The van der Waals surface area contributed by atoms with Crippen LogP contribution in [0.4, 0.5) is 16.2 Å². The number of halogens is 1. The molecule has 2 aromatic carbocycles. The Morgan fingerprint density at radius 3 is 2.38 bits per heavy atom. The lowest BCUT2D eigenvalue weighted by molar-refractivity contribution is -0.118. The number of hydrogen-bond acceptors (Lipinski definition) is 2. The van der Waals surface area contributed by atoms with E-state index >= 15 is 0 Å². The number of rotatable bonds is 5. The Balaban J connectivity index is 2.05. The van der Waals surface area contributed by atoms with Crippen LogP contribution >= 0.6 is 11.6 Å². The number of amides is 3. The van der Waals surface area contributed by atoms with Crippen LogP contribution < -0.4 is 16.0 Å². The minimum Gasteiger partial charge on any atom is -0.331 e. The normalized spacial score (nSPS) is 11.8. The highest BCUT2D eigenvalue weighted by Gasteiger charge is 2.12. The summed E-state index contributed by atoms with van der Waals surface area (Å²) in [6.07, 6.45) is 0. The van der Waals surface area contributed by atoms with Crippen LogP contribution in [0.15, 0.2) is 42.5 Å². The first-order valence-corrected chi connectivity index (χ1v) is 8.88. The number of benzene rings is 2. The van der Waals surface area contributed by atoms with Gasteiger partial charge in [-0.3, -0.25) is 4.79 Å². The van der Waals surface area contributed by atoms with Crippen LogP contribution in [0, 0.1) is 12.8 Å². The van der Waals surface area contributed by atoms with Gasteiger partial charge in [-0.05, 0) is 49.2 Å². The Morgan fingerprint density at radius 2 is 1.73 bits per heavy atom. The van der Waals surface area contributed by atoms with Gasteiger partial charge in [0.1, 0.15) is 0 Å². The smallest absolute Gasteiger partial charge is 0.319 e. The first kappa shape index (κ1) is 19.8. The monoisotopic (exact) mass is 373 g/mol. The molecule has 0 heterocycles. The molecule has 0 saturated heterocycles. The largest absolute Gasteiger partial charge is 0.331 e. The molecule has 0 radical (unpaired) electrons. The van der Waals surface area contributed by atoms with Gasteiger partial charge in [-0.25, -0.2) is 4.79 Å². The molecule has 0 saturated carbocycles. The van der Waals surface area contributed by atoms with Gasteiger partial charge in [0, 0.05) is 22.3 Å². The molecule has 2 rings (SSSR count). The van der Waals surface area contributed by atoms with E-state index in [1.807, 2.05) is 58.0 Å². The van der Waals surface area contributed by atoms with Crippen molar-refractivity contribution in [2.24, 2.45) is 5.92 Å². The number of nitrogens with one attached hydrogen (secondary N) is 3. The van der Waals surface area contributed by atoms with Crippen molar-refractivity contribution < 1.29 is 9.59 Å². The number of carbonyl (C=O) groups is 2. The second-order valence-corrected chi connectivity index (χ2v) is 6.99. The minimum absolute atomic E-state index is 0.0705. The van der Waals surface area contributed by atoms with Gasteiger partial charge in [0.25, 0.3) is 0 Å². The summed E-state index contributed by atoms with van der Waals surface area (Å²) in [5, 5.41) is 9.17. The molecular weight excluding hydrogens is 350 g/mol. The molecule has 1 atom stereocenters. The van der Waals surface area contributed by atoms with Gasteiger partial charge in [0.2, 0.25) is 5.91 Å². The Kier molecular flexibility index (Phi) is 6.64. The molecule has 3 N–H and O–H groups in total. The highest BCUT2D eigenvalue weighted by molar-refractivity contribution is 6.30. The average molecular weight is 374 g/mol. The third-order valence-corrected chi connectivity index (χ3v) is 4.21. The molecule has 0 aliphatic carbocycles. The van der Waals surface area contributed by atoms with Crippen molar-refractivity contribution in [2.45, 2.75) is 33.7 Å². The lowest BCUT2D eigenvalue weighted by atomic mass is 10.1. The van der Waals surface area contributed by atoms with E-state index in [9.17, 15) is 9.59 Å². The number of aryl methyl sites for hydroxylation is 1. The van der Waals surface area contributed by atoms with Crippen molar-refractivity contribution in [3.05, 3.63) is 58.6 Å². The number of carbonyl (C=O) groups excluding carboxylic acids is 2. The molecule has 0 aliphatic heterocycles. The Labute approximate surface area is 159 Å². The molecule has 0 bridgehead atoms. The first-order valence-electron chi connectivity index (χ1n) is 8.50. The summed E-state index contributed by atoms with van der Waals surface area (Å²) in [5.74, 6) is -0.187. The molecule has 26 heavy (non-hydrogen) atoms. The Morgan fingerprint density at radius 1 is 1.00 bits per heavy atom. The molecule has 5 nitrogen and oxygen atoms in total. The predicted octanol–water partition coefficient (Wildman–Crippen LogP) is 5.13. The quantitative estimate of drug-likeness (QED) is 0.680. The van der Waals surface area contributed by atoms with Gasteiger partial charge in [0.15, 0.2) is 0 Å². The fourth-order valence-corrected chi connectivity index (χ4v) is 2.53. The Hall–Kier alpha value is -2.53. The third kappa shape index (κ3) is 5.49. The molecule has 0 spiro atoms. The van der Waals surface area contributed by atoms with E-state index in [1.54, 1.807) is 12.1 Å². The fraction of sp³-hybridized carbons (Fsp3) is 0.300. The predicted molar refractivity (Wildman–Crippen MR) is 107 cm³/mol. The van der Waals surface area contributed by atoms with Crippen LogP contribution in [-0.4, -0.2) is 11.9 Å². The number of urea groups is 1. The second kappa shape index (κ2) is 8.72. The zero-order valence-electron chi connectivity index (χ0n) is 15.4. The van der Waals surface area contributed by atoms with E-state index in [4.69, 9.17) is 11.6 Å². The third-order valence-electron chi connectivity index (χ3n) is 3.97. The lowest BCUT2D eigenvalue weighted by Gasteiger charge is -2.17. The molecule has 0 aliphatic rings. The molecule has 3 amide bonds. The van der Waals surface area contributed by atoms with Crippen LogP contribution in [0.2, 0.25) is 5.02 Å². The van der Waals surface area contributed by atoms with Gasteiger partial charge < -0.3 is 16.0 Å². The van der Waals surface area contributed by atoms with Crippen molar-refractivity contribution in [1.29, 1.82) is 0 Å². The summed E-state index contributed by atoms with van der Waals surface area (Å²) in [4.78, 5) is 24.2. The molecule has 0 fully saturated rings. The zero-order chi connectivity index (χ0) is 19.3. The fourth-order valence-electron chi connectivity index (χ4n) is 2.34. The van der Waals surface area contributed by atoms with Crippen molar-refractivity contribution in [3.8, 4) is 0 Å². The minimum atomic E-state index is -0.326. The van der Waals surface area contributed by atoms with Crippen LogP contribution in [0.1, 0.15) is 37.9 Å². The second-order valence-electron chi connectivity index (χ2n) is 6.55. The highest BCUT2D eigenvalue weighted by atomic mass is 35.5. The summed E-state index contributed by atoms with van der Waals surface area (Å²) in [5.41, 5.74) is 3.11. The topological polar surface area (TPSA) is 70.2 Å². The van der Waals surface area contributed by atoms with Crippen LogP contribution in [0.25, 0.3) is 0 Å². The summed E-state index contributed by atoms with van der Waals surface area (Å²) in [7, 11) is 0. The lowest BCUT2D eigenvalue weighted by Crippen LogP contribution is -2.31. The molecule has 0 aromatic heterocycles. The van der Waals surface area contributed by atoms with Gasteiger partial charge in [-0.2, -0.15) is 0 Å². The summed E-state index contributed by atoms with van der Waals surface area (Å²) in [6.45, 7) is 7.43. The van der Waals surface area contributed by atoms with Crippen molar-refractivity contribution in [3.63, 3.8) is 0 Å². The average Bonchev–Trinajstić information content (AvgIpc) is 2.57. The van der Waals surface area contributed by atoms with Gasteiger partial charge in [-0.1, -0.05) is 43.6 Å². The molecular formula is C20H24ClN3O2. The molecule has 0 unspecified atom stereocenters. The van der Waals surface area contributed by atoms with E-state index in [1.165, 1.54) is 0 Å². The van der Waals surface area contributed by atoms with E-state index < -0.39 is 0 Å². The number of hydrogen-bond donors (Lipinski definition) is 3. The van der Waals surface area contributed by atoms with Gasteiger partial charge in [0.05, 0.1) is 6.04 Å². The SMILES string of the molecule is Cc1ccc(NC(=O)C(C)C)cc1NC(=O)N[C@H](C)c1cccc(Cl)c1. The standard InChI is InChI=1S/C20H24ClN3O2/c1-12(2)19(25)23-17-9-8-13(3)18(11-17)24-20(26)22-14(4)15-6-5-7-16(21)10-15/h5-12,14H,1-4H3,(H,23,25)(H2,22,24,26)/t14-/m1/s1. The van der Waals surface area contributed by atoms with E-state index in [2.05, 4.69) is 16.0 Å². The van der Waals surface area contributed by atoms with Crippen molar-refractivity contribution in [1.82, 2.24) is 5.32 Å². The van der Waals surface area contributed by atoms with Crippen molar-refractivity contribution >= 4 is 34.9 Å². The van der Waals surface area contributed by atoms with E-state index in [0.29, 0.717) is 16.4 Å². The van der Waals surface area contributed by atoms with Gasteiger partial charge >= 0.3 is 6.03 Å². The maximum atomic E-state index is 12.3. The van der Waals surface area contributed by atoms with E-state index in [-0.39, 0.29) is 23.9 Å². The number of anilines is 2. The maximum absolute atomic E-state index is 12.3. The highest BCUT2D eigenvalue weighted by Crippen LogP contribution is 2.22. The van der Waals surface area contributed by atoms with Crippen molar-refractivity contribution in [2.75, 3.05) is 10.6 Å². The summed E-state index contributed by atoms with van der Waals surface area (Å²) >= 11 is 5.99. The molecule has 2 aromatic rings. The Bertz CT molecular complexity index is 805.